The number of hydrogen-bond acceptors (Lipinski definition) is 6. The van der Waals surface area contributed by atoms with Crippen LogP contribution in [0.25, 0.3) is 0 Å². The Labute approximate surface area is 128 Å². The highest BCUT2D eigenvalue weighted by Crippen LogP contribution is 2.25. The zero-order valence-corrected chi connectivity index (χ0v) is 13.6. The van der Waals surface area contributed by atoms with E-state index in [9.17, 15) is 13.2 Å². The van der Waals surface area contributed by atoms with E-state index in [0.29, 0.717) is 12.2 Å². The molecule has 0 radical (unpaired) electrons. The number of sulfonamides is 1. The zero-order valence-electron chi connectivity index (χ0n) is 10.3. The molecule has 1 aromatic rings. The molecule has 0 unspecified atom stereocenters. The van der Waals surface area contributed by atoms with Crippen molar-refractivity contribution in [2.24, 2.45) is 0 Å². The first-order chi connectivity index (χ1) is 9.38. The molecule has 10 heteroatoms. The molecule has 0 saturated carbocycles. The van der Waals surface area contributed by atoms with E-state index in [1.54, 1.807) is 0 Å². The SMILES string of the molecule is O=C(O)c1cc(S(=O)(=O)NCCSCCCO)c(Br)o1. The summed E-state index contributed by atoms with van der Waals surface area (Å²) in [6.07, 6.45) is 0.659. The van der Waals surface area contributed by atoms with Crippen molar-refractivity contribution in [1.29, 1.82) is 0 Å². The van der Waals surface area contributed by atoms with Gasteiger partial charge in [-0.2, -0.15) is 11.8 Å². The Bertz CT molecular complexity index is 556. The zero-order chi connectivity index (χ0) is 15.2. The van der Waals surface area contributed by atoms with Crippen molar-refractivity contribution >= 4 is 43.7 Å². The summed E-state index contributed by atoms with van der Waals surface area (Å²) in [6.45, 7) is 0.317. The van der Waals surface area contributed by atoms with Gasteiger partial charge in [0.2, 0.25) is 15.8 Å². The van der Waals surface area contributed by atoms with Crippen molar-refractivity contribution in [2.75, 3.05) is 24.7 Å². The molecular weight excluding hydrogens is 374 g/mol. The van der Waals surface area contributed by atoms with Crippen LogP contribution in [0.1, 0.15) is 17.0 Å². The molecule has 0 saturated heterocycles. The van der Waals surface area contributed by atoms with Gasteiger partial charge in [-0.15, -0.1) is 0 Å². The number of aliphatic hydroxyl groups is 1. The maximum absolute atomic E-state index is 11.9. The van der Waals surface area contributed by atoms with E-state index in [1.807, 2.05) is 0 Å². The van der Waals surface area contributed by atoms with Gasteiger partial charge >= 0.3 is 5.97 Å². The molecule has 3 N–H and O–H groups in total. The Morgan fingerprint density at radius 2 is 2.15 bits per heavy atom. The van der Waals surface area contributed by atoms with E-state index in [0.717, 1.165) is 11.8 Å². The van der Waals surface area contributed by atoms with E-state index in [4.69, 9.17) is 14.6 Å². The topological polar surface area (TPSA) is 117 Å². The number of carboxylic acids is 1. The van der Waals surface area contributed by atoms with Gasteiger partial charge in [-0.25, -0.2) is 17.9 Å². The summed E-state index contributed by atoms with van der Waals surface area (Å²) in [4.78, 5) is 10.5. The summed E-state index contributed by atoms with van der Waals surface area (Å²) in [7, 11) is -3.81. The molecule has 1 aromatic heterocycles. The fraction of sp³-hybridized carbons (Fsp3) is 0.500. The highest BCUT2D eigenvalue weighted by molar-refractivity contribution is 9.10. The quantitative estimate of drug-likeness (QED) is 0.543. The number of furan rings is 1. The number of rotatable bonds is 9. The normalized spacial score (nSPS) is 11.7. The first-order valence-corrected chi connectivity index (χ1v) is 9.02. The molecule has 7 nitrogen and oxygen atoms in total. The molecule has 0 aliphatic carbocycles. The predicted octanol–water partition coefficient (Wildman–Crippen LogP) is 1.13. The first-order valence-electron chi connectivity index (χ1n) is 5.59. The molecule has 0 aromatic carbocycles. The summed E-state index contributed by atoms with van der Waals surface area (Å²) < 4.78 is 30.9. The molecule has 0 aliphatic heterocycles. The van der Waals surface area contributed by atoms with Gasteiger partial charge in [-0.3, -0.25) is 0 Å². The molecule has 0 spiro atoms. The van der Waals surface area contributed by atoms with Gasteiger partial charge in [0.15, 0.2) is 4.67 Å². The fourth-order valence-electron chi connectivity index (χ4n) is 1.24. The lowest BCUT2D eigenvalue weighted by molar-refractivity contribution is 0.0661. The lowest BCUT2D eigenvalue weighted by atomic mass is 10.5. The van der Waals surface area contributed by atoms with Crippen LogP contribution in [0.3, 0.4) is 0 Å². The summed E-state index contributed by atoms with van der Waals surface area (Å²) in [5.74, 6) is -0.488. The van der Waals surface area contributed by atoms with Gasteiger partial charge in [-0.1, -0.05) is 0 Å². The third kappa shape index (κ3) is 5.09. The number of nitrogens with one attached hydrogen (secondary N) is 1. The van der Waals surface area contributed by atoms with Crippen molar-refractivity contribution < 1.29 is 27.8 Å². The molecule has 1 heterocycles. The second-order valence-electron chi connectivity index (χ2n) is 3.64. The minimum atomic E-state index is -3.81. The van der Waals surface area contributed by atoms with Gasteiger partial charge in [0, 0.05) is 25.0 Å². The van der Waals surface area contributed by atoms with Crippen LogP contribution in [0, 0.1) is 0 Å². The second kappa shape index (κ2) is 8.03. The van der Waals surface area contributed by atoms with Crippen molar-refractivity contribution in [3.8, 4) is 0 Å². The third-order valence-corrected chi connectivity index (χ3v) is 5.53. The van der Waals surface area contributed by atoms with Crippen LogP contribution in [0.4, 0.5) is 0 Å². The van der Waals surface area contributed by atoms with Crippen LogP contribution >= 0.6 is 27.7 Å². The summed E-state index contributed by atoms with van der Waals surface area (Å²) >= 11 is 4.39. The summed E-state index contributed by atoms with van der Waals surface area (Å²) in [5.41, 5.74) is 0. The minimum absolute atomic E-state index is 0.110. The maximum atomic E-state index is 11.9. The lowest BCUT2D eigenvalue weighted by Gasteiger charge is -2.04. The van der Waals surface area contributed by atoms with Gasteiger partial charge in [0.1, 0.15) is 4.90 Å². The standard InChI is InChI=1S/C10H14BrNO6S2/c11-9-8(6-7(18-9)10(14)15)20(16,17)12-2-5-19-4-1-3-13/h6,12-13H,1-5H2,(H,14,15). The van der Waals surface area contributed by atoms with Gasteiger partial charge in [-0.05, 0) is 28.1 Å². The maximum Gasteiger partial charge on any atom is 0.371 e. The molecular formula is C10H14BrNO6S2. The highest BCUT2D eigenvalue weighted by atomic mass is 79.9. The summed E-state index contributed by atoms with van der Waals surface area (Å²) in [6, 6.07) is 0.952. The molecule has 0 fully saturated rings. The Balaban J connectivity index is 2.58. The monoisotopic (exact) mass is 387 g/mol. The van der Waals surface area contributed by atoms with Crippen LogP contribution in [0.2, 0.25) is 0 Å². The number of aliphatic hydroxyl groups excluding tert-OH is 1. The molecule has 20 heavy (non-hydrogen) atoms. The lowest BCUT2D eigenvalue weighted by Crippen LogP contribution is -2.26. The predicted molar refractivity (Wildman–Crippen MR) is 77.6 cm³/mol. The molecule has 1 rings (SSSR count). The highest BCUT2D eigenvalue weighted by Gasteiger charge is 2.24. The molecule has 114 valence electrons. The van der Waals surface area contributed by atoms with E-state index in [2.05, 4.69) is 20.7 Å². The van der Waals surface area contributed by atoms with Gasteiger partial charge in [0.25, 0.3) is 0 Å². The number of carbonyl (C=O) groups is 1. The second-order valence-corrected chi connectivity index (χ2v) is 7.32. The van der Waals surface area contributed by atoms with Gasteiger partial charge < -0.3 is 14.6 Å². The van der Waals surface area contributed by atoms with E-state index < -0.39 is 21.8 Å². The Morgan fingerprint density at radius 1 is 1.45 bits per heavy atom. The van der Waals surface area contributed by atoms with Crippen LogP contribution in [0.15, 0.2) is 20.0 Å². The number of thioether (sulfide) groups is 1. The molecule has 0 amide bonds. The first kappa shape index (κ1) is 17.5. The largest absolute Gasteiger partial charge is 0.475 e. The average Bonchev–Trinajstić information content (AvgIpc) is 2.77. The van der Waals surface area contributed by atoms with E-state index in [-0.39, 0.29) is 22.7 Å². The van der Waals surface area contributed by atoms with E-state index in [1.165, 1.54) is 11.8 Å². The smallest absolute Gasteiger partial charge is 0.371 e. The minimum Gasteiger partial charge on any atom is -0.475 e. The Hall–Kier alpha value is -0.550. The van der Waals surface area contributed by atoms with Crippen LogP contribution < -0.4 is 4.72 Å². The van der Waals surface area contributed by atoms with Crippen LogP contribution in [-0.4, -0.2) is 49.3 Å². The Kier molecular flexibility index (Phi) is 7.03. The van der Waals surface area contributed by atoms with Crippen LogP contribution in [-0.2, 0) is 10.0 Å². The molecule has 0 bridgehead atoms. The van der Waals surface area contributed by atoms with Gasteiger partial charge in [0.05, 0.1) is 0 Å². The van der Waals surface area contributed by atoms with Crippen molar-refractivity contribution in [3.05, 3.63) is 16.5 Å². The van der Waals surface area contributed by atoms with E-state index >= 15 is 0 Å². The average molecular weight is 388 g/mol. The number of aromatic carboxylic acids is 1. The van der Waals surface area contributed by atoms with Crippen molar-refractivity contribution in [3.63, 3.8) is 0 Å². The Morgan fingerprint density at radius 3 is 2.70 bits per heavy atom. The molecule has 0 atom stereocenters. The fourth-order valence-corrected chi connectivity index (χ4v) is 4.12. The molecule has 0 aliphatic rings. The van der Waals surface area contributed by atoms with Crippen molar-refractivity contribution in [2.45, 2.75) is 11.3 Å². The number of hydrogen-bond donors (Lipinski definition) is 3. The number of halogens is 1. The third-order valence-electron chi connectivity index (χ3n) is 2.14. The summed E-state index contributed by atoms with van der Waals surface area (Å²) in [5, 5.41) is 17.3. The van der Waals surface area contributed by atoms with Crippen molar-refractivity contribution in [1.82, 2.24) is 4.72 Å². The number of carboxylic acid groups (broad SMARTS) is 1. The van der Waals surface area contributed by atoms with Crippen LogP contribution in [0.5, 0.6) is 0 Å².